The molecule has 0 aromatic heterocycles. The second-order valence-electron chi connectivity index (χ2n) is 6.38. The normalized spacial score (nSPS) is 20.1. The van der Waals surface area contributed by atoms with Crippen LogP contribution in [0.5, 0.6) is 0 Å². The number of rotatable bonds is 4. The van der Waals surface area contributed by atoms with E-state index in [1.807, 2.05) is 43.3 Å². The highest BCUT2D eigenvalue weighted by molar-refractivity contribution is 6.30. The molecule has 1 N–H and O–H groups in total. The highest BCUT2D eigenvalue weighted by Gasteiger charge is 2.39. The Balaban J connectivity index is 1.79. The first-order chi connectivity index (χ1) is 12.5. The standard InChI is InChI=1S/C20H21ClN2O3/c1-13-5-3-4-6-15(13)11-22-20(25)19-18(23(2)17(24)12-26-19)14-7-9-16(21)10-8-14/h3-10,18-19H,11-12H2,1-2H3,(H,22,25)/t18-,19+/m0/s1. The summed E-state index contributed by atoms with van der Waals surface area (Å²) in [4.78, 5) is 26.4. The molecule has 26 heavy (non-hydrogen) atoms. The molecular formula is C20H21ClN2O3. The van der Waals surface area contributed by atoms with Crippen molar-refractivity contribution in [1.29, 1.82) is 0 Å². The number of nitrogens with zero attached hydrogens (tertiary/aromatic N) is 1. The molecule has 0 saturated carbocycles. The van der Waals surface area contributed by atoms with Crippen LogP contribution in [0.25, 0.3) is 0 Å². The lowest BCUT2D eigenvalue weighted by Gasteiger charge is -2.38. The predicted molar refractivity (Wildman–Crippen MR) is 99.7 cm³/mol. The first-order valence-corrected chi connectivity index (χ1v) is 8.80. The number of carbonyl (C=O) groups excluding carboxylic acids is 2. The third-order valence-electron chi connectivity index (χ3n) is 4.67. The van der Waals surface area contributed by atoms with Gasteiger partial charge < -0.3 is 15.0 Å². The van der Waals surface area contributed by atoms with Crippen molar-refractivity contribution in [2.45, 2.75) is 25.6 Å². The van der Waals surface area contributed by atoms with Gasteiger partial charge in [-0.3, -0.25) is 9.59 Å². The highest BCUT2D eigenvalue weighted by atomic mass is 35.5. The van der Waals surface area contributed by atoms with Gasteiger partial charge in [-0.05, 0) is 35.7 Å². The van der Waals surface area contributed by atoms with Crippen molar-refractivity contribution in [3.63, 3.8) is 0 Å². The number of morpholine rings is 1. The Morgan fingerprint density at radius 1 is 1.23 bits per heavy atom. The molecule has 0 radical (unpaired) electrons. The Morgan fingerprint density at radius 3 is 2.62 bits per heavy atom. The van der Waals surface area contributed by atoms with Crippen LogP contribution in [0.4, 0.5) is 0 Å². The van der Waals surface area contributed by atoms with Crippen LogP contribution in [0, 0.1) is 6.92 Å². The lowest BCUT2D eigenvalue weighted by atomic mass is 9.97. The zero-order valence-corrected chi connectivity index (χ0v) is 15.5. The Labute approximate surface area is 157 Å². The topological polar surface area (TPSA) is 58.6 Å². The van der Waals surface area contributed by atoms with E-state index in [4.69, 9.17) is 16.3 Å². The van der Waals surface area contributed by atoms with E-state index in [1.165, 1.54) is 0 Å². The number of hydrogen-bond acceptors (Lipinski definition) is 3. The summed E-state index contributed by atoms with van der Waals surface area (Å²) in [6, 6.07) is 14.5. The van der Waals surface area contributed by atoms with Crippen LogP contribution in [0.3, 0.4) is 0 Å². The number of halogens is 1. The third kappa shape index (κ3) is 3.89. The molecule has 6 heteroatoms. The molecule has 1 aliphatic heterocycles. The second-order valence-corrected chi connectivity index (χ2v) is 6.81. The maximum atomic E-state index is 12.8. The fourth-order valence-corrected chi connectivity index (χ4v) is 3.21. The molecule has 1 fully saturated rings. The zero-order valence-electron chi connectivity index (χ0n) is 14.7. The van der Waals surface area contributed by atoms with Crippen LogP contribution in [0.1, 0.15) is 22.7 Å². The van der Waals surface area contributed by atoms with Crippen LogP contribution < -0.4 is 5.32 Å². The van der Waals surface area contributed by atoms with Gasteiger partial charge in [0.15, 0.2) is 6.10 Å². The monoisotopic (exact) mass is 372 g/mol. The summed E-state index contributed by atoms with van der Waals surface area (Å²) in [6.45, 7) is 2.31. The fraction of sp³-hybridized carbons (Fsp3) is 0.300. The van der Waals surface area contributed by atoms with Gasteiger partial charge in [0.25, 0.3) is 5.91 Å². The molecule has 136 valence electrons. The van der Waals surface area contributed by atoms with Gasteiger partial charge in [0.1, 0.15) is 6.61 Å². The Kier molecular flexibility index (Phi) is 5.59. The summed E-state index contributed by atoms with van der Waals surface area (Å²) in [5.74, 6) is -0.402. The molecule has 2 aromatic carbocycles. The molecule has 3 rings (SSSR count). The molecule has 1 saturated heterocycles. The summed E-state index contributed by atoms with van der Waals surface area (Å²) < 4.78 is 5.60. The minimum atomic E-state index is -0.775. The number of aryl methyl sites for hydroxylation is 1. The summed E-state index contributed by atoms with van der Waals surface area (Å²) >= 11 is 5.96. The molecule has 1 aliphatic rings. The van der Waals surface area contributed by atoms with Gasteiger partial charge >= 0.3 is 0 Å². The van der Waals surface area contributed by atoms with Gasteiger partial charge in [-0.25, -0.2) is 0 Å². The van der Waals surface area contributed by atoms with Crippen molar-refractivity contribution < 1.29 is 14.3 Å². The average molecular weight is 373 g/mol. The largest absolute Gasteiger partial charge is 0.356 e. The van der Waals surface area contributed by atoms with Crippen molar-refractivity contribution >= 4 is 23.4 Å². The Morgan fingerprint density at radius 2 is 1.92 bits per heavy atom. The number of benzene rings is 2. The zero-order chi connectivity index (χ0) is 18.7. The molecule has 0 aliphatic carbocycles. The van der Waals surface area contributed by atoms with Crippen LogP contribution in [0.15, 0.2) is 48.5 Å². The first-order valence-electron chi connectivity index (χ1n) is 8.42. The van der Waals surface area contributed by atoms with E-state index in [2.05, 4.69) is 5.32 Å². The van der Waals surface area contributed by atoms with Gasteiger partial charge in [0.05, 0.1) is 6.04 Å². The Hall–Kier alpha value is -2.37. The van der Waals surface area contributed by atoms with Gasteiger partial charge in [-0.15, -0.1) is 0 Å². The highest BCUT2D eigenvalue weighted by Crippen LogP contribution is 2.30. The predicted octanol–water partition coefficient (Wildman–Crippen LogP) is 2.86. The van der Waals surface area contributed by atoms with E-state index in [9.17, 15) is 9.59 Å². The van der Waals surface area contributed by atoms with Crippen LogP contribution in [-0.2, 0) is 20.9 Å². The number of hydrogen-bond donors (Lipinski definition) is 1. The van der Waals surface area contributed by atoms with Crippen LogP contribution in [0.2, 0.25) is 5.02 Å². The number of likely N-dealkylation sites (N-methyl/N-ethyl adjacent to an activating group) is 1. The molecule has 0 unspecified atom stereocenters. The van der Waals surface area contributed by atoms with E-state index in [0.717, 1.165) is 16.7 Å². The SMILES string of the molecule is Cc1ccccc1CNC(=O)[C@@H]1OCC(=O)N(C)[C@H]1c1ccc(Cl)cc1. The summed E-state index contributed by atoms with van der Waals surface area (Å²) in [5.41, 5.74) is 2.96. The maximum absolute atomic E-state index is 12.8. The van der Waals surface area contributed by atoms with Crippen molar-refractivity contribution in [2.24, 2.45) is 0 Å². The van der Waals surface area contributed by atoms with Crippen molar-refractivity contribution in [3.05, 3.63) is 70.2 Å². The van der Waals surface area contributed by atoms with E-state index in [0.29, 0.717) is 11.6 Å². The number of amides is 2. The minimum Gasteiger partial charge on any atom is -0.356 e. The lowest BCUT2D eigenvalue weighted by Crippen LogP contribution is -2.52. The fourth-order valence-electron chi connectivity index (χ4n) is 3.08. The summed E-state index contributed by atoms with van der Waals surface area (Å²) in [7, 11) is 1.69. The van der Waals surface area contributed by atoms with Crippen LogP contribution in [-0.4, -0.2) is 36.5 Å². The van der Waals surface area contributed by atoms with Crippen molar-refractivity contribution in [1.82, 2.24) is 10.2 Å². The molecule has 1 heterocycles. The van der Waals surface area contributed by atoms with E-state index >= 15 is 0 Å². The third-order valence-corrected chi connectivity index (χ3v) is 4.92. The second kappa shape index (κ2) is 7.89. The van der Waals surface area contributed by atoms with E-state index in [-0.39, 0.29) is 18.4 Å². The summed E-state index contributed by atoms with van der Waals surface area (Å²) in [5, 5.41) is 3.53. The van der Waals surface area contributed by atoms with Gasteiger partial charge in [-0.1, -0.05) is 48.0 Å². The molecule has 2 amide bonds. The van der Waals surface area contributed by atoms with E-state index < -0.39 is 12.1 Å². The van der Waals surface area contributed by atoms with Gasteiger partial charge in [-0.2, -0.15) is 0 Å². The van der Waals surface area contributed by atoms with Crippen molar-refractivity contribution in [2.75, 3.05) is 13.7 Å². The smallest absolute Gasteiger partial charge is 0.251 e. The molecular weight excluding hydrogens is 352 g/mol. The number of carbonyl (C=O) groups is 2. The Bertz CT molecular complexity index is 807. The number of nitrogens with one attached hydrogen (secondary N) is 1. The van der Waals surface area contributed by atoms with Crippen LogP contribution >= 0.6 is 11.6 Å². The molecule has 5 nitrogen and oxygen atoms in total. The first kappa shape index (κ1) is 18.4. The maximum Gasteiger partial charge on any atom is 0.251 e. The molecule has 0 spiro atoms. The lowest BCUT2D eigenvalue weighted by molar-refractivity contribution is -0.162. The van der Waals surface area contributed by atoms with E-state index in [1.54, 1.807) is 24.1 Å². The quantitative estimate of drug-likeness (QED) is 0.897. The van der Waals surface area contributed by atoms with Gasteiger partial charge in [0.2, 0.25) is 5.91 Å². The minimum absolute atomic E-state index is 0.108. The summed E-state index contributed by atoms with van der Waals surface area (Å²) in [6.07, 6.45) is -0.775. The van der Waals surface area contributed by atoms with Crippen molar-refractivity contribution in [3.8, 4) is 0 Å². The average Bonchev–Trinajstić information content (AvgIpc) is 2.64. The van der Waals surface area contributed by atoms with Gasteiger partial charge in [0, 0.05) is 18.6 Å². The molecule has 2 aromatic rings. The number of ether oxygens (including phenoxy) is 1. The molecule has 2 atom stereocenters. The molecule has 0 bridgehead atoms.